The van der Waals surface area contributed by atoms with Crippen LogP contribution in [0.2, 0.25) is 0 Å². The maximum Gasteiger partial charge on any atom is 0.251 e. The molecule has 0 spiro atoms. The second kappa shape index (κ2) is 5.64. The first kappa shape index (κ1) is 13.9. The standard InChI is InChI=1S/C14H13F2N3O/c1-8(12-4-2-3-5-18-12)19-13-6-9(14(17)20)10(15)7-11(13)16/h2-8,19H,1H3,(H2,17,20). The highest BCUT2D eigenvalue weighted by Crippen LogP contribution is 2.23. The van der Waals surface area contributed by atoms with E-state index >= 15 is 0 Å². The normalized spacial score (nSPS) is 11.9. The number of halogens is 2. The van der Waals surface area contributed by atoms with Crippen LogP contribution in [0.3, 0.4) is 0 Å². The predicted octanol–water partition coefficient (Wildman–Crippen LogP) is 2.63. The number of nitrogens with one attached hydrogen (secondary N) is 1. The molecule has 0 saturated carbocycles. The van der Waals surface area contributed by atoms with Gasteiger partial charge in [-0.1, -0.05) is 6.07 Å². The van der Waals surface area contributed by atoms with E-state index in [4.69, 9.17) is 5.73 Å². The number of carbonyl (C=O) groups excluding carboxylic acids is 1. The van der Waals surface area contributed by atoms with Crippen molar-refractivity contribution in [3.63, 3.8) is 0 Å². The zero-order valence-electron chi connectivity index (χ0n) is 10.7. The fourth-order valence-electron chi connectivity index (χ4n) is 1.79. The highest BCUT2D eigenvalue weighted by Gasteiger charge is 2.16. The lowest BCUT2D eigenvalue weighted by atomic mass is 10.1. The van der Waals surface area contributed by atoms with Gasteiger partial charge in [0.05, 0.1) is 23.0 Å². The van der Waals surface area contributed by atoms with E-state index < -0.39 is 17.5 Å². The van der Waals surface area contributed by atoms with E-state index in [0.717, 1.165) is 6.07 Å². The van der Waals surface area contributed by atoms with Gasteiger partial charge < -0.3 is 11.1 Å². The van der Waals surface area contributed by atoms with Crippen molar-refractivity contribution in [2.75, 3.05) is 5.32 Å². The topological polar surface area (TPSA) is 68.0 Å². The summed E-state index contributed by atoms with van der Waals surface area (Å²) in [5.41, 5.74) is 5.36. The van der Waals surface area contributed by atoms with Gasteiger partial charge >= 0.3 is 0 Å². The smallest absolute Gasteiger partial charge is 0.251 e. The number of pyridine rings is 1. The molecule has 1 atom stereocenters. The van der Waals surface area contributed by atoms with E-state index in [1.165, 1.54) is 0 Å². The number of nitrogens with zero attached hydrogens (tertiary/aromatic N) is 1. The zero-order valence-corrected chi connectivity index (χ0v) is 10.7. The van der Waals surface area contributed by atoms with Gasteiger partial charge in [-0.15, -0.1) is 0 Å². The highest BCUT2D eigenvalue weighted by molar-refractivity contribution is 5.94. The van der Waals surface area contributed by atoms with Crippen molar-refractivity contribution >= 4 is 11.6 Å². The summed E-state index contributed by atoms with van der Waals surface area (Å²) >= 11 is 0. The molecular formula is C14H13F2N3O. The number of nitrogens with two attached hydrogens (primary N) is 1. The summed E-state index contributed by atoms with van der Waals surface area (Å²) in [5.74, 6) is -2.72. The molecule has 1 unspecified atom stereocenters. The summed E-state index contributed by atoms with van der Waals surface area (Å²) in [5, 5.41) is 2.84. The molecule has 0 radical (unpaired) electrons. The summed E-state index contributed by atoms with van der Waals surface area (Å²) in [6.07, 6.45) is 1.61. The van der Waals surface area contributed by atoms with E-state index in [9.17, 15) is 13.6 Å². The van der Waals surface area contributed by atoms with E-state index in [-0.39, 0.29) is 17.3 Å². The Morgan fingerprint density at radius 2 is 2.05 bits per heavy atom. The van der Waals surface area contributed by atoms with E-state index in [1.54, 1.807) is 31.3 Å². The molecule has 0 aliphatic rings. The van der Waals surface area contributed by atoms with Crippen molar-refractivity contribution in [3.05, 3.63) is 59.4 Å². The Hall–Kier alpha value is -2.50. The minimum Gasteiger partial charge on any atom is -0.375 e. The number of benzene rings is 1. The molecule has 2 aromatic rings. The SMILES string of the molecule is CC(Nc1cc(C(N)=O)c(F)cc1F)c1ccccn1. The van der Waals surface area contributed by atoms with Gasteiger partial charge in [-0.2, -0.15) is 0 Å². The molecule has 2 rings (SSSR count). The Morgan fingerprint density at radius 3 is 2.65 bits per heavy atom. The Labute approximate surface area is 114 Å². The summed E-state index contributed by atoms with van der Waals surface area (Å²) in [6.45, 7) is 1.77. The molecule has 1 aromatic heterocycles. The first-order chi connectivity index (χ1) is 9.49. The van der Waals surface area contributed by atoms with Crippen molar-refractivity contribution in [2.24, 2.45) is 5.73 Å². The van der Waals surface area contributed by atoms with Crippen LogP contribution in [-0.4, -0.2) is 10.9 Å². The molecule has 1 amide bonds. The number of amides is 1. The Balaban J connectivity index is 2.29. The van der Waals surface area contributed by atoms with Gasteiger partial charge in [-0.05, 0) is 25.1 Å². The monoisotopic (exact) mass is 277 g/mol. The average molecular weight is 277 g/mol. The van der Waals surface area contributed by atoms with Crippen LogP contribution in [0.4, 0.5) is 14.5 Å². The molecule has 20 heavy (non-hydrogen) atoms. The molecule has 4 nitrogen and oxygen atoms in total. The zero-order chi connectivity index (χ0) is 14.7. The maximum absolute atomic E-state index is 13.7. The second-order valence-electron chi connectivity index (χ2n) is 4.30. The number of hydrogen-bond donors (Lipinski definition) is 2. The summed E-state index contributed by atoms with van der Waals surface area (Å²) in [4.78, 5) is 15.2. The molecule has 3 N–H and O–H groups in total. The number of rotatable bonds is 4. The van der Waals surface area contributed by atoms with Crippen LogP contribution < -0.4 is 11.1 Å². The summed E-state index contributed by atoms with van der Waals surface area (Å²) in [7, 11) is 0. The third-order valence-corrected chi connectivity index (χ3v) is 2.83. The second-order valence-corrected chi connectivity index (χ2v) is 4.30. The molecule has 0 aliphatic heterocycles. The first-order valence-electron chi connectivity index (χ1n) is 5.95. The Bertz CT molecular complexity index is 632. The van der Waals surface area contributed by atoms with Crippen molar-refractivity contribution in [1.82, 2.24) is 4.98 Å². The number of primary amides is 1. The first-order valence-corrected chi connectivity index (χ1v) is 5.95. The molecule has 104 valence electrons. The van der Waals surface area contributed by atoms with Gasteiger partial charge in [0.15, 0.2) is 0 Å². The van der Waals surface area contributed by atoms with Crippen molar-refractivity contribution < 1.29 is 13.6 Å². The maximum atomic E-state index is 13.7. The molecule has 0 saturated heterocycles. The van der Waals surface area contributed by atoms with Crippen LogP contribution in [0, 0.1) is 11.6 Å². The van der Waals surface area contributed by atoms with Gasteiger partial charge in [0.25, 0.3) is 5.91 Å². The summed E-state index contributed by atoms with van der Waals surface area (Å²) < 4.78 is 27.1. The molecular weight excluding hydrogens is 264 g/mol. The number of hydrogen-bond acceptors (Lipinski definition) is 3. The number of aromatic nitrogens is 1. The molecule has 0 aliphatic carbocycles. The molecule has 1 heterocycles. The van der Waals surface area contributed by atoms with E-state index in [1.807, 2.05) is 0 Å². The van der Waals surface area contributed by atoms with Crippen LogP contribution in [-0.2, 0) is 0 Å². The minimum absolute atomic E-state index is 0.00152. The van der Waals surface area contributed by atoms with Crippen LogP contribution in [0.1, 0.15) is 29.0 Å². The lowest BCUT2D eigenvalue weighted by Crippen LogP contribution is -2.15. The van der Waals surface area contributed by atoms with Gasteiger partial charge in [0, 0.05) is 12.3 Å². The third-order valence-electron chi connectivity index (χ3n) is 2.83. The summed E-state index contributed by atoms with van der Waals surface area (Å²) in [6, 6.07) is 6.72. The molecule has 6 heteroatoms. The van der Waals surface area contributed by atoms with Gasteiger partial charge in [0.2, 0.25) is 0 Å². The van der Waals surface area contributed by atoms with E-state index in [0.29, 0.717) is 11.8 Å². The Kier molecular flexibility index (Phi) is 3.93. The molecule has 0 bridgehead atoms. The van der Waals surface area contributed by atoms with Crippen LogP contribution in [0.5, 0.6) is 0 Å². The predicted molar refractivity (Wildman–Crippen MR) is 71.2 cm³/mol. The lowest BCUT2D eigenvalue weighted by Gasteiger charge is -2.16. The molecule has 1 aromatic carbocycles. The number of anilines is 1. The van der Waals surface area contributed by atoms with Crippen molar-refractivity contribution in [1.29, 1.82) is 0 Å². The van der Waals surface area contributed by atoms with Crippen molar-refractivity contribution in [2.45, 2.75) is 13.0 Å². The minimum atomic E-state index is -0.981. The average Bonchev–Trinajstić information content (AvgIpc) is 2.42. The van der Waals surface area contributed by atoms with Gasteiger partial charge in [-0.3, -0.25) is 9.78 Å². The molecule has 0 fully saturated rings. The van der Waals surface area contributed by atoms with E-state index in [2.05, 4.69) is 10.3 Å². The van der Waals surface area contributed by atoms with Crippen LogP contribution in [0.15, 0.2) is 36.5 Å². The van der Waals surface area contributed by atoms with Crippen LogP contribution >= 0.6 is 0 Å². The lowest BCUT2D eigenvalue weighted by molar-refractivity contribution is 0.0996. The van der Waals surface area contributed by atoms with Crippen molar-refractivity contribution in [3.8, 4) is 0 Å². The number of carbonyl (C=O) groups is 1. The quantitative estimate of drug-likeness (QED) is 0.902. The highest BCUT2D eigenvalue weighted by atomic mass is 19.1. The largest absolute Gasteiger partial charge is 0.375 e. The van der Waals surface area contributed by atoms with Gasteiger partial charge in [-0.25, -0.2) is 8.78 Å². The van der Waals surface area contributed by atoms with Crippen LogP contribution in [0.25, 0.3) is 0 Å². The fraction of sp³-hybridized carbons (Fsp3) is 0.143. The fourth-order valence-corrected chi connectivity index (χ4v) is 1.79. The Morgan fingerprint density at radius 1 is 1.30 bits per heavy atom. The third kappa shape index (κ3) is 2.90. The van der Waals surface area contributed by atoms with Gasteiger partial charge in [0.1, 0.15) is 11.6 Å².